The predicted molar refractivity (Wildman–Crippen MR) is 66.6 cm³/mol. The molecule has 0 saturated heterocycles. The number of nitrogens with two attached hydrogens (primary N) is 1. The smallest absolute Gasteiger partial charge is 0.125 e. The lowest BCUT2D eigenvalue weighted by Crippen LogP contribution is -2.43. The Hall–Kier alpha value is -0.930. The summed E-state index contributed by atoms with van der Waals surface area (Å²) in [5.74, 6) is 1.74. The van der Waals surface area contributed by atoms with Crippen molar-refractivity contribution in [3.05, 3.63) is 23.8 Å². The second-order valence-electron chi connectivity index (χ2n) is 4.10. The molecule has 16 heavy (non-hydrogen) atoms. The molecule has 90 valence electrons. The average molecular weight is 244 g/mol. The molecule has 0 aliphatic heterocycles. The first-order valence-corrected chi connectivity index (χ1v) is 5.26. The van der Waals surface area contributed by atoms with Crippen LogP contribution in [0.4, 0.5) is 0 Å². The van der Waals surface area contributed by atoms with E-state index in [-0.39, 0.29) is 18.5 Å². The molecule has 0 heterocycles. The van der Waals surface area contributed by atoms with Crippen LogP contribution in [0, 0.1) is 6.92 Å². The number of halogens is 1. The van der Waals surface area contributed by atoms with E-state index in [0.29, 0.717) is 6.04 Å². The lowest BCUT2D eigenvalue weighted by Gasteiger charge is -2.32. The fourth-order valence-corrected chi connectivity index (χ4v) is 1.77. The number of rotatable bonds is 3. The van der Waals surface area contributed by atoms with Gasteiger partial charge in [0.1, 0.15) is 17.6 Å². The Bertz CT molecular complexity index is 351. The van der Waals surface area contributed by atoms with Gasteiger partial charge in [0, 0.05) is 12.1 Å². The van der Waals surface area contributed by atoms with Crippen LogP contribution < -0.4 is 15.2 Å². The summed E-state index contributed by atoms with van der Waals surface area (Å²) in [5, 5.41) is 0. The zero-order chi connectivity index (χ0) is 10.8. The highest BCUT2D eigenvalue weighted by atomic mass is 35.5. The minimum atomic E-state index is 0. The highest BCUT2D eigenvalue weighted by molar-refractivity contribution is 5.85. The Labute approximate surface area is 102 Å². The minimum absolute atomic E-state index is 0. The Kier molecular flexibility index (Phi) is 4.44. The molecule has 2 N–H and O–H groups in total. The van der Waals surface area contributed by atoms with Crippen LogP contribution in [0.2, 0.25) is 0 Å². The van der Waals surface area contributed by atoms with E-state index in [1.54, 1.807) is 7.11 Å². The molecule has 1 aliphatic carbocycles. The van der Waals surface area contributed by atoms with Crippen LogP contribution in [-0.2, 0) is 0 Å². The summed E-state index contributed by atoms with van der Waals surface area (Å²) in [5.41, 5.74) is 6.82. The minimum Gasteiger partial charge on any atom is -0.496 e. The maximum Gasteiger partial charge on any atom is 0.125 e. The Morgan fingerprint density at radius 3 is 2.56 bits per heavy atom. The highest BCUT2D eigenvalue weighted by Crippen LogP contribution is 2.28. The maximum absolute atomic E-state index is 5.76. The first kappa shape index (κ1) is 13.1. The molecular weight excluding hydrogens is 226 g/mol. The van der Waals surface area contributed by atoms with Gasteiger partial charge < -0.3 is 15.2 Å². The van der Waals surface area contributed by atoms with Gasteiger partial charge in [0.15, 0.2) is 0 Å². The fraction of sp³-hybridized carbons (Fsp3) is 0.500. The van der Waals surface area contributed by atoms with Gasteiger partial charge >= 0.3 is 0 Å². The van der Waals surface area contributed by atoms with Crippen molar-refractivity contribution in [2.45, 2.75) is 31.9 Å². The van der Waals surface area contributed by atoms with E-state index in [2.05, 4.69) is 0 Å². The fourth-order valence-electron chi connectivity index (χ4n) is 1.77. The topological polar surface area (TPSA) is 44.5 Å². The Morgan fingerprint density at radius 2 is 2.00 bits per heavy atom. The molecule has 0 radical (unpaired) electrons. The number of aryl methyl sites for hydroxylation is 1. The largest absolute Gasteiger partial charge is 0.496 e. The number of ether oxygens (including phenoxy) is 2. The monoisotopic (exact) mass is 243 g/mol. The van der Waals surface area contributed by atoms with E-state index < -0.39 is 0 Å². The quantitative estimate of drug-likeness (QED) is 0.886. The van der Waals surface area contributed by atoms with Gasteiger partial charge in [0.25, 0.3) is 0 Å². The summed E-state index contributed by atoms with van der Waals surface area (Å²) in [4.78, 5) is 0. The number of benzene rings is 1. The first-order valence-electron chi connectivity index (χ1n) is 5.26. The van der Waals surface area contributed by atoms with Crippen molar-refractivity contribution in [3.63, 3.8) is 0 Å². The summed E-state index contributed by atoms with van der Waals surface area (Å²) in [7, 11) is 1.67. The standard InChI is InChI=1S/C12H17NO2.ClH/c1-8-3-4-10(7-12(8)14-2)15-11-5-9(13)6-11;/h3-4,7,9,11H,5-6,13H2,1-2H3;1H/t9-,11-;. The van der Waals surface area contributed by atoms with Crippen LogP contribution in [0.25, 0.3) is 0 Å². The summed E-state index contributed by atoms with van der Waals surface area (Å²) in [6, 6.07) is 6.23. The molecule has 2 rings (SSSR count). The summed E-state index contributed by atoms with van der Waals surface area (Å²) in [6.07, 6.45) is 2.19. The Balaban J connectivity index is 0.00000128. The second kappa shape index (κ2) is 5.41. The molecule has 0 aromatic heterocycles. The van der Waals surface area contributed by atoms with E-state index in [9.17, 15) is 0 Å². The van der Waals surface area contributed by atoms with E-state index in [1.165, 1.54) is 0 Å². The molecule has 3 nitrogen and oxygen atoms in total. The van der Waals surface area contributed by atoms with Gasteiger partial charge in [-0.2, -0.15) is 0 Å². The SMILES string of the molecule is COc1cc(O[C@H]2C[C@H](N)C2)ccc1C.Cl. The van der Waals surface area contributed by atoms with Gasteiger partial charge in [-0.15, -0.1) is 12.4 Å². The Morgan fingerprint density at radius 1 is 1.31 bits per heavy atom. The summed E-state index contributed by atoms with van der Waals surface area (Å²) in [6.45, 7) is 2.02. The van der Waals surface area contributed by atoms with Crippen molar-refractivity contribution in [1.82, 2.24) is 0 Å². The van der Waals surface area contributed by atoms with Crippen LogP contribution >= 0.6 is 12.4 Å². The number of hydrogen-bond acceptors (Lipinski definition) is 3. The van der Waals surface area contributed by atoms with Gasteiger partial charge in [-0.05, 0) is 31.4 Å². The van der Waals surface area contributed by atoms with Crippen molar-refractivity contribution >= 4 is 12.4 Å². The third-order valence-corrected chi connectivity index (χ3v) is 2.81. The lowest BCUT2D eigenvalue weighted by atomic mass is 9.90. The van der Waals surface area contributed by atoms with Gasteiger partial charge in [0.05, 0.1) is 7.11 Å². The van der Waals surface area contributed by atoms with Crippen LogP contribution in [0.3, 0.4) is 0 Å². The molecule has 1 saturated carbocycles. The van der Waals surface area contributed by atoms with Crippen LogP contribution in [0.1, 0.15) is 18.4 Å². The van der Waals surface area contributed by atoms with Crippen molar-refractivity contribution in [1.29, 1.82) is 0 Å². The third-order valence-electron chi connectivity index (χ3n) is 2.81. The zero-order valence-corrected chi connectivity index (χ0v) is 10.4. The number of methoxy groups -OCH3 is 1. The molecule has 0 atom stereocenters. The molecule has 0 amide bonds. The predicted octanol–water partition coefficient (Wildman–Crippen LogP) is 2.29. The van der Waals surface area contributed by atoms with Gasteiger partial charge in [0.2, 0.25) is 0 Å². The summed E-state index contributed by atoms with van der Waals surface area (Å²) < 4.78 is 11.0. The highest BCUT2D eigenvalue weighted by Gasteiger charge is 2.27. The van der Waals surface area contributed by atoms with Crippen LogP contribution in [0.5, 0.6) is 11.5 Å². The molecule has 0 bridgehead atoms. The van der Waals surface area contributed by atoms with Crippen molar-refractivity contribution in [3.8, 4) is 11.5 Å². The number of hydrogen-bond donors (Lipinski definition) is 1. The van der Waals surface area contributed by atoms with Gasteiger partial charge in [-0.3, -0.25) is 0 Å². The normalized spacial score (nSPS) is 22.9. The second-order valence-corrected chi connectivity index (χ2v) is 4.10. The van der Waals surface area contributed by atoms with E-state index in [1.807, 2.05) is 25.1 Å². The van der Waals surface area contributed by atoms with E-state index in [4.69, 9.17) is 15.2 Å². The van der Waals surface area contributed by atoms with Crippen molar-refractivity contribution < 1.29 is 9.47 Å². The van der Waals surface area contributed by atoms with Crippen molar-refractivity contribution in [2.75, 3.05) is 7.11 Å². The van der Waals surface area contributed by atoms with Gasteiger partial charge in [-0.1, -0.05) is 6.07 Å². The van der Waals surface area contributed by atoms with E-state index in [0.717, 1.165) is 29.9 Å². The average Bonchev–Trinajstić information content (AvgIpc) is 2.18. The molecule has 1 fully saturated rings. The van der Waals surface area contributed by atoms with Crippen LogP contribution in [0.15, 0.2) is 18.2 Å². The van der Waals surface area contributed by atoms with Gasteiger partial charge in [-0.25, -0.2) is 0 Å². The third kappa shape index (κ3) is 2.80. The molecule has 1 aliphatic rings. The summed E-state index contributed by atoms with van der Waals surface area (Å²) >= 11 is 0. The molecule has 1 aromatic carbocycles. The molecule has 4 heteroatoms. The van der Waals surface area contributed by atoms with Crippen molar-refractivity contribution in [2.24, 2.45) is 5.73 Å². The molecule has 0 unspecified atom stereocenters. The zero-order valence-electron chi connectivity index (χ0n) is 9.60. The first-order chi connectivity index (χ1) is 7.19. The molecule has 1 aromatic rings. The molecule has 0 spiro atoms. The lowest BCUT2D eigenvalue weighted by molar-refractivity contribution is 0.101. The molecular formula is C12H18ClNO2. The maximum atomic E-state index is 5.76. The van der Waals surface area contributed by atoms with Crippen LogP contribution in [-0.4, -0.2) is 19.3 Å². The van der Waals surface area contributed by atoms with E-state index >= 15 is 0 Å².